The van der Waals surface area contributed by atoms with Crippen molar-refractivity contribution in [3.05, 3.63) is 83.4 Å². The van der Waals surface area contributed by atoms with Crippen LogP contribution in [0, 0.1) is 0 Å². The van der Waals surface area contributed by atoms with Crippen LogP contribution in [0.2, 0.25) is 0 Å². The monoisotopic (exact) mass is 663 g/mol. The number of guanidine groups is 3. The lowest BCUT2D eigenvalue weighted by Gasteiger charge is -2.51. The number of morpholine rings is 2. The Balaban J connectivity index is 1.54. The van der Waals surface area contributed by atoms with Crippen molar-refractivity contribution in [1.29, 1.82) is 0 Å². The van der Waals surface area contributed by atoms with E-state index in [2.05, 4.69) is 138 Å². The molecule has 0 saturated carbocycles. The highest BCUT2D eigenvalue weighted by molar-refractivity contribution is 6.14. The molecule has 2 fully saturated rings. The topological polar surface area (TPSA) is 75.0 Å². The quantitative estimate of drug-likeness (QED) is 0.362. The molecular formula is C38H49N9O2. The average molecular weight is 664 g/mol. The lowest BCUT2D eigenvalue weighted by molar-refractivity contribution is 0.0609. The SMILES string of the molecule is CCN(CC)c1ccc2c(c1)N=C1N=C(N3CCOCC3)N=C(N3CCOCC3)N1C2(c1ccc(N(C)C)cc1)c1ccc(N(C)C)cc1. The van der Waals surface area contributed by atoms with Gasteiger partial charge in [0.15, 0.2) is 0 Å². The number of aliphatic imine (C=N–C) groups is 3. The number of fused-ring (bicyclic) bond motifs is 2. The summed E-state index contributed by atoms with van der Waals surface area (Å²) in [5.74, 6) is 2.16. The van der Waals surface area contributed by atoms with Gasteiger partial charge in [-0.15, -0.1) is 0 Å². The standard InChI is InChI=1S/C38H49N9O2/c1-7-44(8-2)32-17-18-33-34(27-32)39-36-40-35(45-19-23-48-24-20-45)41-37(46-21-25-49-26-22-46)47(36)38(33,28-9-13-30(14-10-28)42(3)4)29-11-15-31(16-12-29)43(5)6/h9-18,27H,7-8,19-26H2,1-6H3. The number of hydrogen-bond donors (Lipinski definition) is 0. The van der Waals surface area contributed by atoms with E-state index in [1.54, 1.807) is 0 Å². The van der Waals surface area contributed by atoms with E-state index >= 15 is 0 Å². The van der Waals surface area contributed by atoms with E-state index in [-0.39, 0.29) is 0 Å². The van der Waals surface area contributed by atoms with Gasteiger partial charge in [-0.2, -0.15) is 9.98 Å². The molecule has 2 saturated heterocycles. The normalized spacial score (nSPS) is 18.6. The summed E-state index contributed by atoms with van der Waals surface area (Å²) in [4.78, 5) is 29.7. The second-order valence-electron chi connectivity index (χ2n) is 13.2. The van der Waals surface area contributed by atoms with Crippen molar-refractivity contribution in [3.63, 3.8) is 0 Å². The van der Waals surface area contributed by atoms with Gasteiger partial charge >= 0.3 is 0 Å². The molecule has 0 spiro atoms. The van der Waals surface area contributed by atoms with E-state index in [1.165, 1.54) is 0 Å². The van der Waals surface area contributed by atoms with Crippen molar-refractivity contribution in [2.75, 3.05) is 109 Å². The number of rotatable bonds is 7. The molecular weight excluding hydrogens is 614 g/mol. The van der Waals surface area contributed by atoms with E-state index in [4.69, 9.17) is 24.5 Å². The van der Waals surface area contributed by atoms with Gasteiger partial charge in [0.05, 0.1) is 32.1 Å². The molecule has 11 heteroatoms. The zero-order chi connectivity index (χ0) is 34.1. The van der Waals surface area contributed by atoms with Crippen molar-refractivity contribution in [2.24, 2.45) is 15.0 Å². The summed E-state index contributed by atoms with van der Waals surface area (Å²) in [6.45, 7) is 11.7. The molecule has 258 valence electrons. The first-order chi connectivity index (χ1) is 23.8. The van der Waals surface area contributed by atoms with Crippen LogP contribution in [0.5, 0.6) is 0 Å². The Morgan fingerprint density at radius 3 is 1.63 bits per heavy atom. The first-order valence-corrected chi connectivity index (χ1v) is 17.5. The fourth-order valence-electron chi connectivity index (χ4n) is 7.32. The molecule has 3 aromatic rings. The van der Waals surface area contributed by atoms with Gasteiger partial charge in [-0.25, -0.2) is 4.99 Å². The average Bonchev–Trinajstić information content (AvgIpc) is 3.14. The number of anilines is 3. The summed E-state index contributed by atoms with van der Waals surface area (Å²) in [5, 5.41) is 0. The van der Waals surface area contributed by atoms with Crippen LogP contribution in [0.3, 0.4) is 0 Å². The van der Waals surface area contributed by atoms with Crippen molar-refractivity contribution in [3.8, 4) is 0 Å². The Labute approximate surface area is 290 Å². The largest absolute Gasteiger partial charge is 0.378 e. The van der Waals surface area contributed by atoms with Crippen molar-refractivity contribution >= 4 is 40.6 Å². The smallest absolute Gasteiger partial charge is 0.237 e. The van der Waals surface area contributed by atoms with E-state index in [9.17, 15) is 0 Å². The Kier molecular flexibility index (Phi) is 9.21. The molecule has 3 aromatic carbocycles. The summed E-state index contributed by atoms with van der Waals surface area (Å²) in [7, 11) is 8.32. The Bertz CT molecular complexity index is 1670. The van der Waals surface area contributed by atoms with Gasteiger partial charge in [0.1, 0.15) is 5.54 Å². The number of ether oxygens (including phenoxy) is 2. The van der Waals surface area contributed by atoms with E-state index < -0.39 is 5.54 Å². The summed E-state index contributed by atoms with van der Waals surface area (Å²) >= 11 is 0. The van der Waals surface area contributed by atoms with Gasteiger partial charge in [-0.3, -0.25) is 4.90 Å². The molecule has 0 unspecified atom stereocenters. The maximum absolute atomic E-state index is 5.86. The molecule has 0 amide bonds. The molecule has 4 aliphatic heterocycles. The minimum absolute atomic E-state index is 0.634. The highest BCUT2D eigenvalue weighted by Crippen LogP contribution is 2.51. The molecule has 0 atom stereocenters. The minimum atomic E-state index is -0.832. The van der Waals surface area contributed by atoms with Crippen LogP contribution in [0.4, 0.5) is 22.7 Å². The van der Waals surface area contributed by atoms with Crippen LogP contribution in [0.15, 0.2) is 81.7 Å². The predicted molar refractivity (Wildman–Crippen MR) is 200 cm³/mol. The number of hydrogen-bond acceptors (Lipinski definition) is 11. The number of benzene rings is 3. The predicted octanol–water partition coefficient (Wildman–Crippen LogP) is 4.65. The van der Waals surface area contributed by atoms with Crippen LogP contribution in [0.25, 0.3) is 0 Å². The summed E-state index contributed by atoms with van der Waals surface area (Å²) in [5.41, 5.74) is 6.83. The molecule has 0 radical (unpaired) electrons. The lowest BCUT2D eigenvalue weighted by atomic mass is 9.74. The zero-order valence-corrected chi connectivity index (χ0v) is 29.8. The lowest BCUT2D eigenvalue weighted by Crippen LogP contribution is -2.63. The fourth-order valence-corrected chi connectivity index (χ4v) is 7.32. The molecule has 0 aromatic heterocycles. The summed E-state index contributed by atoms with van der Waals surface area (Å²) in [6.07, 6.45) is 0. The molecule has 4 heterocycles. The van der Waals surface area contributed by atoms with Crippen LogP contribution < -0.4 is 14.7 Å². The van der Waals surface area contributed by atoms with E-state index in [0.717, 1.165) is 84.7 Å². The van der Waals surface area contributed by atoms with Crippen molar-refractivity contribution in [1.82, 2.24) is 14.7 Å². The number of nitrogens with zero attached hydrogens (tertiary/aromatic N) is 9. The van der Waals surface area contributed by atoms with Crippen LogP contribution in [-0.4, -0.2) is 126 Å². The van der Waals surface area contributed by atoms with Crippen LogP contribution in [0.1, 0.15) is 30.5 Å². The Hall–Kier alpha value is -4.61. The van der Waals surface area contributed by atoms with Gasteiger partial charge in [-0.05, 0) is 61.4 Å². The summed E-state index contributed by atoms with van der Waals surface area (Å²) < 4.78 is 11.6. The molecule has 4 aliphatic rings. The molecule has 7 rings (SSSR count). The van der Waals surface area contributed by atoms with Gasteiger partial charge in [0, 0.05) is 90.1 Å². The third-order valence-electron chi connectivity index (χ3n) is 10.0. The van der Waals surface area contributed by atoms with Crippen LogP contribution in [-0.2, 0) is 15.0 Å². The zero-order valence-electron chi connectivity index (χ0n) is 29.8. The third kappa shape index (κ3) is 5.88. The second-order valence-corrected chi connectivity index (χ2v) is 13.2. The molecule has 49 heavy (non-hydrogen) atoms. The second kappa shape index (κ2) is 13.7. The first-order valence-electron chi connectivity index (χ1n) is 17.5. The van der Waals surface area contributed by atoms with Crippen LogP contribution >= 0.6 is 0 Å². The molecule has 0 N–H and O–H groups in total. The molecule has 0 bridgehead atoms. The first kappa shape index (κ1) is 32.9. The Morgan fingerprint density at radius 1 is 0.612 bits per heavy atom. The molecule has 0 aliphatic carbocycles. The van der Waals surface area contributed by atoms with Gasteiger partial charge in [-0.1, -0.05) is 30.3 Å². The third-order valence-corrected chi connectivity index (χ3v) is 10.0. The highest BCUT2D eigenvalue weighted by atomic mass is 16.5. The minimum Gasteiger partial charge on any atom is -0.378 e. The van der Waals surface area contributed by atoms with Gasteiger partial charge < -0.3 is 34.0 Å². The van der Waals surface area contributed by atoms with Gasteiger partial charge in [0.2, 0.25) is 17.9 Å². The summed E-state index contributed by atoms with van der Waals surface area (Å²) in [6, 6.07) is 24.7. The maximum atomic E-state index is 5.86. The van der Waals surface area contributed by atoms with Gasteiger partial charge in [0.25, 0.3) is 0 Å². The molecule has 11 nitrogen and oxygen atoms in total. The van der Waals surface area contributed by atoms with E-state index in [0.29, 0.717) is 38.3 Å². The van der Waals surface area contributed by atoms with E-state index in [1.807, 2.05) is 0 Å². The van der Waals surface area contributed by atoms with Crippen molar-refractivity contribution in [2.45, 2.75) is 19.4 Å². The maximum Gasteiger partial charge on any atom is 0.237 e. The Morgan fingerprint density at radius 2 is 1.12 bits per heavy atom. The fraction of sp³-hybridized carbons (Fsp3) is 0.447. The van der Waals surface area contributed by atoms with Crippen molar-refractivity contribution < 1.29 is 9.47 Å². The highest BCUT2D eigenvalue weighted by Gasteiger charge is 2.52.